The number of aromatic nitrogens is 2. The summed E-state index contributed by atoms with van der Waals surface area (Å²) in [5.41, 5.74) is 13.8. The van der Waals surface area contributed by atoms with E-state index in [9.17, 15) is 0 Å². The van der Waals surface area contributed by atoms with Gasteiger partial charge in [-0.15, -0.1) is 0 Å². The zero-order valence-corrected chi connectivity index (χ0v) is 25.7. The predicted octanol–water partition coefficient (Wildman–Crippen LogP) is 11.4. The van der Waals surface area contributed by atoms with Crippen molar-refractivity contribution in [2.45, 2.75) is 19.3 Å². The number of furan rings is 1. The van der Waals surface area contributed by atoms with Gasteiger partial charge >= 0.3 is 0 Å². The first-order valence-corrected chi connectivity index (χ1v) is 15.8. The van der Waals surface area contributed by atoms with Gasteiger partial charge < -0.3 is 4.42 Å². The van der Waals surface area contributed by atoms with E-state index >= 15 is 0 Å². The minimum Gasteiger partial charge on any atom is -0.455 e. The molecule has 3 nitrogen and oxygen atoms in total. The van der Waals surface area contributed by atoms with Gasteiger partial charge in [0, 0.05) is 44.0 Å². The van der Waals surface area contributed by atoms with Crippen LogP contribution in [-0.4, -0.2) is 9.97 Å². The van der Waals surface area contributed by atoms with Crippen molar-refractivity contribution in [3.8, 4) is 56.2 Å². The summed E-state index contributed by atoms with van der Waals surface area (Å²) in [5.74, 6) is 0.732. The van der Waals surface area contributed by atoms with Gasteiger partial charge in [-0.05, 0) is 40.5 Å². The van der Waals surface area contributed by atoms with Gasteiger partial charge in [-0.2, -0.15) is 0 Å². The first-order valence-electron chi connectivity index (χ1n) is 15.8. The molecule has 0 bridgehead atoms. The van der Waals surface area contributed by atoms with Crippen LogP contribution >= 0.6 is 0 Å². The van der Waals surface area contributed by atoms with Crippen molar-refractivity contribution in [3.63, 3.8) is 0 Å². The summed E-state index contributed by atoms with van der Waals surface area (Å²) in [4.78, 5) is 10.6. The van der Waals surface area contributed by atoms with Crippen molar-refractivity contribution in [1.82, 2.24) is 9.97 Å². The second kappa shape index (κ2) is 10.1. The van der Waals surface area contributed by atoms with Crippen molar-refractivity contribution in [2.24, 2.45) is 0 Å². The summed E-state index contributed by atoms with van der Waals surface area (Å²) >= 11 is 0. The summed E-state index contributed by atoms with van der Waals surface area (Å²) in [5, 5.41) is 2.27. The van der Waals surface area contributed by atoms with Gasteiger partial charge in [0.15, 0.2) is 5.82 Å². The Kier molecular flexibility index (Phi) is 5.85. The fraction of sp³-hybridized carbons (Fsp3) is 0.0698. The van der Waals surface area contributed by atoms with Crippen LogP contribution in [0.3, 0.4) is 0 Å². The van der Waals surface area contributed by atoms with E-state index in [-0.39, 0.29) is 5.41 Å². The molecular formula is C43H30N2O. The molecule has 8 aromatic rings. The average molecular weight is 591 g/mol. The third kappa shape index (κ3) is 4.05. The molecule has 9 rings (SSSR count). The lowest BCUT2D eigenvalue weighted by atomic mass is 9.81. The Bertz CT molecular complexity index is 2450. The minimum atomic E-state index is -0.208. The molecule has 0 N–H and O–H groups in total. The van der Waals surface area contributed by atoms with E-state index in [1.165, 1.54) is 16.7 Å². The van der Waals surface area contributed by atoms with Gasteiger partial charge in [0.05, 0.1) is 11.4 Å². The van der Waals surface area contributed by atoms with E-state index in [1.807, 2.05) is 12.1 Å². The number of nitrogens with zero attached hydrogens (tertiary/aromatic N) is 2. The molecule has 0 atom stereocenters. The molecule has 0 amide bonds. The lowest BCUT2D eigenvalue weighted by Gasteiger charge is -2.23. The summed E-state index contributed by atoms with van der Waals surface area (Å²) in [7, 11) is 0. The SMILES string of the molecule is CC1(C)c2ccccc2-c2nc(-c3cccc(-c4cccc(-c5cccc6c5oc5ccccc56)c4)c3)nc(-c3ccccc3)c21. The van der Waals surface area contributed by atoms with Gasteiger partial charge in [0.25, 0.3) is 0 Å². The molecule has 0 spiro atoms. The van der Waals surface area contributed by atoms with Crippen LogP contribution < -0.4 is 0 Å². The van der Waals surface area contributed by atoms with Crippen LogP contribution in [0.4, 0.5) is 0 Å². The van der Waals surface area contributed by atoms with Gasteiger partial charge in [0.2, 0.25) is 0 Å². The maximum Gasteiger partial charge on any atom is 0.160 e. The fourth-order valence-corrected chi connectivity index (χ4v) is 7.23. The Hall–Kier alpha value is -5.80. The third-order valence-corrected chi connectivity index (χ3v) is 9.47. The van der Waals surface area contributed by atoms with Crippen LogP contribution in [0.1, 0.15) is 25.0 Å². The molecule has 0 saturated heterocycles. The quantitative estimate of drug-likeness (QED) is 0.205. The molecule has 46 heavy (non-hydrogen) atoms. The summed E-state index contributed by atoms with van der Waals surface area (Å²) in [6, 6.07) is 51.1. The molecule has 0 saturated carbocycles. The van der Waals surface area contributed by atoms with Crippen LogP contribution in [0.5, 0.6) is 0 Å². The Morgan fingerprint density at radius 2 is 1.07 bits per heavy atom. The number of hydrogen-bond donors (Lipinski definition) is 0. The zero-order valence-electron chi connectivity index (χ0n) is 25.7. The molecule has 1 aliphatic rings. The standard InChI is InChI=1S/C43H30N2O/c1-43(2)36-23-8-6-20-35(36)40-38(43)39(27-13-4-3-5-14-27)44-42(45-40)31-18-11-16-29(26-31)28-15-10-17-30(25-28)32-21-12-22-34-33-19-7-9-24-37(33)46-41(32)34/h3-26H,1-2H3. The maximum atomic E-state index is 6.37. The van der Waals surface area contributed by atoms with Gasteiger partial charge in [0.1, 0.15) is 11.2 Å². The molecule has 218 valence electrons. The topological polar surface area (TPSA) is 38.9 Å². The summed E-state index contributed by atoms with van der Waals surface area (Å²) in [6.07, 6.45) is 0. The van der Waals surface area contributed by atoms with Crippen molar-refractivity contribution in [3.05, 3.63) is 157 Å². The number of benzene rings is 6. The second-order valence-corrected chi connectivity index (χ2v) is 12.6. The molecule has 0 fully saturated rings. The van der Waals surface area contributed by atoms with Crippen LogP contribution in [0.25, 0.3) is 78.1 Å². The van der Waals surface area contributed by atoms with Crippen molar-refractivity contribution in [1.29, 1.82) is 0 Å². The van der Waals surface area contributed by atoms with Crippen LogP contribution in [-0.2, 0) is 5.41 Å². The van der Waals surface area contributed by atoms with Crippen molar-refractivity contribution >= 4 is 21.9 Å². The highest BCUT2D eigenvalue weighted by molar-refractivity contribution is 6.09. The van der Waals surface area contributed by atoms with E-state index in [0.29, 0.717) is 0 Å². The number of hydrogen-bond acceptors (Lipinski definition) is 3. The van der Waals surface area contributed by atoms with E-state index < -0.39 is 0 Å². The highest BCUT2D eigenvalue weighted by Crippen LogP contribution is 2.51. The maximum absolute atomic E-state index is 6.37. The van der Waals surface area contributed by atoms with Crippen molar-refractivity contribution in [2.75, 3.05) is 0 Å². The average Bonchev–Trinajstić information content (AvgIpc) is 3.61. The molecule has 3 heteroatoms. The molecule has 0 unspecified atom stereocenters. The summed E-state index contributed by atoms with van der Waals surface area (Å²) < 4.78 is 6.37. The Balaban J connectivity index is 1.18. The van der Waals surface area contributed by atoms with Crippen LogP contribution in [0.2, 0.25) is 0 Å². The van der Waals surface area contributed by atoms with E-state index in [2.05, 4.69) is 147 Å². The highest BCUT2D eigenvalue weighted by atomic mass is 16.3. The number of fused-ring (bicyclic) bond motifs is 6. The number of rotatable bonds is 4. The fourth-order valence-electron chi connectivity index (χ4n) is 7.23. The monoisotopic (exact) mass is 590 g/mol. The summed E-state index contributed by atoms with van der Waals surface area (Å²) in [6.45, 7) is 4.57. The molecule has 0 radical (unpaired) electrons. The zero-order chi connectivity index (χ0) is 30.8. The van der Waals surface area contributed by atoms with Gasteiger partial charge in [-0.3, -0.25) is 0 Å². The van der Waals surface area contributed by atoms with Crippen LogP contribution in [0, 0.1) is 0 Å². The highest BCUT2D eigenvalue weighted by Gasteiger charge is 2.39. The minimum absolute atomic E-state index is 0.208. The number of para-hydroxylation sites is 2. The predicted molar refractivity (Wildman–Crippen MR) is 189 cm³/mol. The first-order chi connectivity index (χ1) is 22.6. The molecule has 2 aromatic heterocycles. The van der Waals surface area contributed by atoms with Crippen molar-refractivity contribution < 1.29 is 4.42 Å². The van der Waals surface area contributed by atoms with Gasteiger partial charge in [-0.25, -0.2) is 9.97 Å². The molecule has 6 aromatic carbocycles. The molecular weight excluding hydrogens is 560 g/mol. The molecule has 2 heterocycles. The Morgan fingerprint density at radius 3 is 1.91 bits per heavy atom. The molecule has 1 aliphatic carbocycles. The van der Waals surface area contributed by atoms with E-state index in [0.717, 1.165) is 72.5 Å². The lowest BCUT2D eigenvalue weighted by Crippen LogP contribution is -2.17. The van der Waals surface area contributed by atoms with E-state index in [1.54, 1.807) is 0 Å². The van der Waals surface area contributed by atoms with Crippen LogP contribution in [0.15, 0.2) is 150 Å². The van der Waals surface area contributed by atoms with Gasteiger partial charge in [-0.1, -0.05) is 141 Å². The smallest absolute Gasteiger partial charge is 0.160 e. The van der Waals surface area contributed by atoms with E-state index in [4.69, 9.17) is 14.4 Å². The second-order valence-electron chi connectivity index (χ2n) is 12.6. The lowest BCUT2D eigenvalue weighted by molar-refractivity contribution is 0.658. The third-order valence-electron chi connectivity index (χ3n) is 9.47. The normalized spacial score (nSPS) is 13.2. The molecule has 0 aliphatic heterocycles. The largest absolute Gasteiger partial charge is 0.455 e. The first kappa shape index (κ1) is 26.6. The Labute approximate surface area is 267 Å². The Morgan fingerprint density at radius 1 is 0.478 bits per heavy atom.